The fourth-order valence-electron chi connectivity index (χ4n) is 1.91. The summed E-state index contributed by atoms with van der Waals surface area (Å²) in [7, 11) is 2.09. The molecule has 0 spiro atoms. The lowest BCUT2D eigenvalue weighted by atomic mass is 10.1. The summed E-state index contributed by atoms with van der Waals surface area (Å²) in [6, 6.07) is 12.1. The summed E-state index contributed by atoms with van der Waals surface area (Å²) in [4.78, 5) is 3.58. The number of rotatable bonds is 5. The molecule has 5 heteroatoms. The van der Waals surface area contributed by atoms with Crippen molar-refractivity contribution in [3.8, 4) is 0 Å². The quantitative estimate of drug-likeness (QED) is 0.648. The van der Waals surface area contributed by atoms with Crippen molar-refractivity contribution in [2.24, 2.45) is 5.73 Å². The summed E-state index contributed by atoms with van der Waals surface area (Å²) in [6.07, 6.45) is 0. The normalized spacial score (nSPS) is 10.9. The number of hydrogen-bond donors (Lipinski definition) is 2. The first-order chi connectivity index (χ1) is 9.04. The monoisotopic (exact) mass is 337 g/mol. The maximum absolute atomic E-state index is 7.46. The van der Waals surface area contributed by atoms with Crippen LogP contribution in [0.1, 0.15) is 16.0 Å². The Morgan fingerprint density at radius 1 is 1.32 bits per heavy atom. The molecular weight excluding hydrogens is 322 g/mol. The van der Waals surface area contributed by atoms with Gasteiger partial charge in [-0.1, -0.05) is 18.2 Å². The van der Waals surface area contributed by atoms with E-state index in [4.69, 9.17) is 11.1 Å². The number of halogens is 1. The molecule has 3 nitrogen and oxygen atoms in total. The van der Waals surface area contributed by atoms with Crippen molar-refractivity contribution < 1.29 is 0 Å². The number of nitrogens with two attached hydrogens (primary N) is 1. The Morgan fingerprint density at radius 3 is 2.74 bits per heavy atom. The predicted octanol–water partition coefficient (Wildman–Crippen LogP) is 3.43. The smallest absolute Gasteiger partial charge is 0.122 e. The predicted molar refractivity (Wildman–Crippen MR) is 84.6 cm³/mol. The van der Waals surface area contributed by atoms with E-state index in [0.717, 1.165) is 22.4 Å². The highest BCUT2D eigenvalue weighted by Crippen LogP contribution is 2.23. The molecule has 0 fully saturated rings. The lowest BCUT2D eigenvalue weighted by Crippen LogP contribution is -2.17. The number of nitrogens with zero attached hydrogens (tertiary/aromatic N) is 1. The summed E-state index contributed by atoms with van der Waals surface area (Å²) in [5.41, 5.74) is 7.46. The van der Waals surface area contributed by atoms with Crippen LogP contribution in [0, 0.1) is 5.41 Å². The lowest BCUT2D eigenvalue weighted by Gasteiger charge is -2.16. The van der Waals surface area contributed by atoms with Crippen molar-refractivity contribution in [2.75, 3.05) is 7.05 Å². The molecule has 0 aliphatic rings. The standard InChI is InChI=1S/C14H16BrN3S/c1-18(9-12-5-6-13(15)19-12)8-10-3-2-4-11(7-10)14(16)17/h2-7H,8-9H2,1H3,(H3,16,17). The zero-order valence-electron chi connectivity index (χ0n) is 10.7. The lowest BCUT2D eigenvalue weighted by molar-refractivity contribution is 0.322. The number of amidine groups is 1. The Bertz CT molecular complexity index is 580. The van der Waals surface area contributed by atoms with E-state index in [1.807, 2.05) is 18.2 Å². The van der Waals surface area contributed by atoms with Gasteiger partial charge in [0, 0.05) is 23.5 Å². The Hall–Kier alpha value is -1.17. The highest BCUT2D eigenvalue weighted by atomic mass is 79.9. The summed E-state index contributed by atoms with van der Waals surface area (Å²) in [5, 5.41) is 7.46. The SMILES string of the molecule is CN(Cc1cccc(C(=N)N)c1)Cc1ccc(Br)s1. The Labute approximate surface area is 125 Å². The van der Waals surface area contributed by atoms with E-state index in [2.05, 4.69) is 46.1 Å². The topological polar surface area (TPSA) is 53.1 Å². The van der Waals surface area contributed by atoms with Crippen LogP contribution in [0.15, 0.2) is 40.2 Å². The molecule has 0 bridgehead atoms. The van der Waals surface area contributed by atoms with Crippen LogP contribution < -0.4 is 5.73 Å². The minimum atomic E-state index is 0.117. The number of nitrogens with one attached hydrogen (secondary N) is 1. The first-order valence-corrected chi connectivity index (χ1v) is 7.51. The van der Waals surface area contributed by atoms with Crippen LogP contribution in [0.25, 0.3) is 0 Å². The van der Waals surface area contributed by atoms with E-state index in [0.29, 0.717) is 0 Å². The van der Waals surface area contributed by atoms with E-state index >= 15 is 0 Å². The first-order valence-electron chi connectivity index (χ1n) is 5.90. The van der Waals surface area contributed by atoms with Crippen LogP contribution in [0.5, 0.6) is 0 Å². The van der Waals surface area contributed by atoms with Gasteiger partial charge < -0.3 is 5.73 Å². The molecule has 2 rings (SSSR count). The van der Waals surface area contributed by atoms with Crippen molar-refractivity contribution >= 4 is 33.1 Å². The number of benzene rings is 1. The molecule has 1 heterocycles. The van der Waals surface area contributed by atoms with Gasteiger partial charge in [-0.15, -0.1) is 11.3 Å². The minimum Gasteiger partial charge on any atom is -0.384 e. The molecule has 0 radical (unpaired) electrons. The van der Waals surface area contributed by atoms with Crippen molar-refractivity contribution in [2.45, 2.75) is 13.1 Å². The fraction of sp³-hybridized carbons (Fsp3) is 0.214. The molecule has 0 saturated heterocycles. The largest absolute Gasteiger partial charge is 0.384 e. The third kappa shape index (κ3) is 4.16. The summed E-state index contributed by atoms with van der Waals surface area (Å²) < 4.78 is 1.16. The van der Waals surface area contributed by atoms with Crippen molar-refractivity contribution in [3.05, 3.63) is 56.2 Å². The summed E-state index contributed by atoms with van der Waals surface area (Å²) >= 11 is 5.23. The molecule has 19 heavy (non-hydrogen) atoms. The number of hydrogen-bond acceptors (Lipinski definition) is 3. The highest BCUT2D eigenvalue weighted by molar-refractivity contribution is 9.11. The molecule has 0 aliphatic carbocycles. The molecule has 3 N–H and O–H groups in total. The van der Waals surface area contributed by atoms with Gasteiger partial charge in [0.15, 0.2) is 0 Å². The molecule has 2 aromatic rings. The summed E-state index contributed by atoms with van der Waals surface area (Å²) in [6.45, 7) is 1.76. The van der Waals surface area contributed by atoms with Crippen LogP contribution >= 0.6 is 27.3 Å². The molecule has 0 atom stereocenters. The Balaban J connectivity index is 2.00. The molecule has 1 aromatic heterocycles. The Kier molecular flexibility index (Phi) is 4.74. The zero-order chi connectivity index (χ0) is 13.8. The van der Waals surface area contributed by atoms with E-state index in [-0.39, 0.29) is 5.84 Å². The third-order valence-electron chi connectivity index (χ3n) is 2.75. The van der Waals surface area contributed by atoms with Gasteiger partial charge in [0.05, 0.1) is 3.79 Å². The minimum absolute atomic E-state index is 0.117. The maximum Gasteiger partial charge on any atom is 0.122 e. The molecule has 0 saturated carbocycles. The second kappa shape index (κ2) is 6.32. The second-order valence-electron chi connectivity index (χ2n) is 4.49. The van der Waals surface area contributed by atoms with Crippen molar-refractivity contribution in [3.63, 3.8) is 0 Å². The van der Waals surface area contributed by atoms with Crippen LogP contribution in [-0.4, -0.2) is 17.8 Å². The molecular formula is C14H16BrN3S. The molecule has 1 aromatic carbocycles. The number of nitrogen functional groups attached to an aromatic ring is 1. The van der Waals surface area contributed by atoms with E-state index in [1.165, 1.54) is 10.4 Å². The number of thiophene rings is 1. The molecule has 0 amide bonds. The molecule has 0 unspecified atom stereocenters. The van der Waals surface area contributed by atoms with Crippen molar-refractivity contribution in [1.82, 2.24) is 4.90 Å². The highest BCUT2D eigenvalue weighted by Gasteiger charge is 2.05. The first kappa shape index (κ1) is 14.2. The van der Waals surface area contributed by atoms with E-state index < -0.39 is 0 Å². The molecule has 0 aliphatic heterocycles. The van der Waals surface area contributed by atoms with Crippen molar-refractivity contribution in [1.29, 1.82) is 5.41 Å². The van der Waals surface area contributed by atoms with Gasteiger partial charge in [-0.2, -0.15) is 0 Å². The van der Waals surface area contributed by atoms with E-state index in [9.17, 15) is 0 Å². The average Bonchev–Trinajstić information content (AvgIpc) is 2.74. The zero-order valence-corrected chi connectivity index (χ0v) is 13.1. The van der Waals surface area contributed by atoms with Gasteiger partial charge in [0.25, 0.3) is 0 Å². The molecule has 100 valence electrons. The van der Waals surface area contributed by atoms with Crippen LogP contribution in [0.4, 0.5) is 0 Å². The van der Waals surface area contributed by atoms with Gasteiger partial charge in [0.2, 0.25) is 0 Å². The van der Waals surface area contributed by atoms with E-state index in [1.54, 1.807) is 11.3 Å². The Morgan fingerprint density at radius 2 is 2.11 bits per heavy atom. The maximum atomic E-state index is 7.46. The summed E-state index contributed by atoms with van der Waals surface area (Å²) in [5.74, 6) is 0.117. The third-order valence-corrected chi connectivity index (χ3v) is 4.35. The van der Waals surface area contributed by atoms with Crippen LogP contribution in [0.2, 0.25) is 0 Å². The van der Waals surface area contributed by atoms with Crippen LogP contribution in [0.3, 0.4) is 0 Å². The second-order valence-corrected chi connectivity index (χ2v) is 7.04. The van der Waals surface area contributed by atoms with Gasteiger partial charge >= 0.3 is 0 Å². The van der Waals surface area contributed by atoms with Gasteiger partial charge in [0.1, 0.15) is 5.84 Å². The van der Waals surface area contributed by atoms with Gasteiger partial charge in [-0.25, -0.2) is 0 Å². The fourth-order valence-corrected chi connectivity index (χ4v) is 3.47. The van der Waals surface area contributed by atoms with Crippen LogP contribution in [-0.2, 0) is 13.1 Å². The van der Waals surface area contributed by atoms with Gasteiger partial charge in [-0.05, 0) is 46.7 Å². The van der Waals surface area contributed by atoms with Gasteiger partial charge in [-0.3, -0.25) is 10.3 Å². The average molecular weight is 338 g/mol.